The molecule has 34 heavy (non-hydrogen) atoms. The van der Waals surface area contributed by atoms with Crippen molar-refractivity contribution in [2.75, 3.05) is 20.5 Å². The summed E-state index contributed by atoms with van der Waals surface area (Å²) in [5, 5.41) is 0. The van der Waals surface area contributed by atoms with E-state index in [0.29, 0.717) is 26.2 Å². The molecule has 1 aliphatic rings. The number of thioether (sulfide) groups is 1. The number of benzene rings is 2. The van der Waals surface area contributed by atoms with Crippen molar-refractivity contribution >= 4 is 41.1 Å². The summed E-state index contributed by atoms with van der Waals surface area (Å²) in [6.07, 6.45) is 3.73. The summed E-state index contributed by atoms with van der Waals surface area (Å²) in [5.74, 6) is -0.947. The van der Waals surface area contributed by atoms with E-state index in [1.807, 2.05) is 30.5 Å². The summed E-state index contributed by atoms with van der Waals surface area (Å²) >= 11 is 2.86. The van der Waals surface area contributed by atoms with Crippen LogP contribution in [0.3, 0.4) is 0 Å². The monoisotopic (exact) mass is 494 g/mol. The Labute approximate surface area is 204 Å². The molecule has 7 nitrogen and oxygen atoms in total. The van der Waals surface area contributed by atoms with Gasteiger partial charge in [-0.3, -0.25) is 9.36 Å². The van der Waals surface area contributed by atoms with E-state index < -0.39 is 18.0 Å². The molecule has 0 N–H and O–H groups in total. The fourth-order valence-electron chi connectivity index (χ4n) is 3.78. The molecule has 9 heteroatoms. The van der Waals surface area contributed by atoms with Crippen molar-refractivity contribution in [3.8, 4) is 0 Å². The number of hydrogen-bond donors (Lipinski definition) is 0. The third kappa shape index (κ3) is 4.36. The lowest BCUT2D eigenvalue weighted by atomic mass is 9.96. The van der Waals surface area contributed by atoms with Crippen molar-refractivity contribution in [1.82, 2.24) is 4.57 Å². The Kier molecular flexibility index (Phi) is 6.85. The lowest BCUT2D eigenvalue weighted by Crippen LogP contribution is -2.39. The number of allylic oxidation sites excluding steroid dienone is 1. The van der Waals surface area contributed by atoms with Crippen LogP contribution < -0.4 is 14.9 Å². The number of esters is 2. The van der Waals surface area contributed by atoms with Crippen LogP contribution in [0.4, 0.5) is 0 Å². The summed E-state index contributed by atoms with van der Waals surface area (Å²) in [6.45, 7) is 1.75. The largest absolute Gasteiger partial charge is 0.466 e. The highest BCUT2D eigenvalue weighted by molar-refractivity contribution is 7.98. The first-order valence-corrected chi connectivity index (χ1v) is 12.3. The standard InChI is InChI=1S/C25H22N2O5S2/c1-14-20(24(30)32-3)21(16-9-11-18(33-4)12-10-16)27-22(28)19(34-25(27)26-14)13-15-5-7-17(8-6-15)23(29)31-2/h5-13,21H,1-4H3/b19-13+/t21-/m0/s1. The average Bonchev–Trinajstić information content (AvgIpc) is 3.16. The van der Waals surface area contributed by atoms with Gasteiger partial charge >= 0.3 is 11.9 Å². The van der Waals surface area contributed by atoms with Crippen LogP contribution in [0.15, 0.2) is 74.5 Å². The molecule has 3 aromatic rings. The first-order chi connectivity index (χ1) is 16.4. The van der Waals surface area contributed by atoms with E-state index in [2.05, 4.69) is 4.99 Å². The predicted octanol–water partition coefficient (Wildman–Crippen LogP) is 2.92. The highest BCUT2D eigenvalue weighted by Crippen LogP contribution is 2.31. The molecule has 0 spiro atoms. The second kappa shape index (κ2) is 9.82. The molecule has 0 radical (unpaired) electrons. The Bertz CT molecular complexity index is 1470. The topological polar surface area (TPSA) is 87.0 Å². The first-order valence-electron chi connectivity index (χ1n) is 10.3. The molecule has 0 saturated carbocycles. The Morgan fingerprint density at radius 1 is 1.03 bits per heavy atom. The molecule has 1 aliphatic heterocycles. The summed E-state index contributed by atoms with van der Waals surface area (Å²) in [5.41, 5.74) is 2.56. The lowest BCUT2D eigenvalue weighted by molar-refractivity contribution is -0.136. The normalized spacial score (nSPS) is 15.5. The van der Waals surface area contributed by atoms with Crippen molar-refractivity contribution in [2.45, 2.75) is 17.9 Å². The van der Waals surface area contributed by atoms with Crippen molar-refractivity contribution in [3.05, 3.63) is 96.2 Å². The molecular weight excluding hydrogens is 472 g/mol. The van der Waals surface area contributed by atoms with Gasteiger partial charge in [0.25, 0.3) is 5.56 Å². The first kappa shape index (κ1) is 23.7. The molecule has 0 bridgehead atoms. The quantitative estimate of drug-likeness (QED) is 0.401. The zero-order valence-electron chi connectivity index (χ0n) is 19.0. The van der Waals surface area contributed by atoms with E-state index in [1.165, 1.54) is 25.6 Å². The molecular formula is C25H22N2O5S2. The van der Waals surface area contributed by atoms with Gasteiger partial charge < -0.3 is 9.47 Å². The molecule has 2 aromatic carbocycles. The summed E-state index contributed by atoms with van der Waals surface area (Å²) in [6, 6.07) is 13.9. The molecule has 0 fully saturated rings. The molecule has 2 heterocycles. The Hall–Kier alpha value is -3.43. The fraction of sp³-hybridized carbons (Fsp3) is 0.200. The second-order valence-corrected chi connectivity index (χ2v) is 9.35. The minimum atomic E-state index is -0.650. The Morgan fingerprint density at radius 3 is 2.26 bits per heavy atom. The van der Waals surface area contributed by atoms with Crippen LogP contribution in [0.2, 0.25) is 0 Å². The van der Waals surface area contributed by atoms with E-state index >= 15 is 0 Å². The van der Waals surface area contributed by atoms with Gasteiger partial charge in [-0.15, -0.1) is 11.8 Å². The number of aromatic nitrogens is 1. The number of thiazole rings is 1. The smallest absolute Gasteiger partial charge is 0.338 e. The second-order valence-electron chi connectivity index (χ2n) is 7.46. The average molecular weight is 495 g/mol. The maximum Gasteiger partial charge on any atom is 0.338 e. The van der Waals surface area contributed by atoms with Gasteiger partial charge in [0.05, 0.1) is 41.6 Å². The summed E-state index contributed by atoms with van der Waals surface area (Å²) < 4.78 is 11.8. The third-order valence-corrected chi connectivity index (χ3v) is 7.21. The highest BCUT2D eigenvalue weighted by Gasteiger charge is 2.33. The van der Waals surface area contributed by atoms with Crippen LogP contribution in [0, 0.1) is 0 Å². The highest BCUT2D eigenvalue weighted by atomic mass is 32.2. The van der Waals surface area contributed by atoms with E-state index in [4.69, 9.17) is 9.47 Å². The van der Waals surface area contributed by atoms with Gasteiger partial charge in [0.2, 0.25) is 0 Å². The minimum Gasteiger partial charge on any atom is -0.466 e. The number of methoxy groups -OCH3 is 2. The fourth-order valence-corrected chi connectivity index (χ4v) is 5.23. The lowest BCUT2D eigenvalue weighted by Gasteiger charge is -2.24. The van der Waals surface area contributed by atoms with Crippen LogP contribution in [0.25, 0.3) is 6.08 Å². The number of rotatable bonds is 5. The van der Waals surface area contributed by atoms with E-state index in [0.717, 1.165) is 16.0 Å². The van der Waals surface area contributed by atoms with Gasteiger partial charge in [0, 0.05) is 4.90 Å². The van der Waals surface area contributed by atoms with Crippen molar-refractivity contribution in [2.24, 2.45) is 4.99 Å². The van der Waals surface area contributed by atoms with Gasteiger partial charge in [0.1, 0.15) is 0 Å². The van der Waals surface area contributed by atoms with Crippen molar-refractivity contribution < 1.29 is 19.1 Å². The van der Waals surface area contributed by atoms with Crippen LogP contribution in [0.1, 0.15) is 34.5 Å². The molecule has 0 amide bonds. The van der Waals surface area contributed by atoms with E-state index in [1.54, 1.807) is 53.6 Å². The van der Waals surface area contributed by atoms with E-state index in [9.17, 15) is 14.4 Å². The van der Waals surface area contributed by atoms with E-state index in [-0.39, 0.29) is 5.56 Å². The summed E-state index contributed by atoms with van der Waals surface area (Å²) in [4.78, 5) is 44.1. The van der Waals surface area contributed by atoms with Gasteiger partial charge in [0.15, 0.2) is 4.80 Å². The maximum atomic E-state index is 13.5. The SMILES string of the molecule is COC(=O)C1=C(C)N=c2s/c(=C/c3ccc(C(=O)OC)cc3)c(=O)n2[C@H]1c1ccc(SC)cc1. The zero-order valence-corrected chi connectivity index (χ0v) is 20.7. The van der Waals surface area contributed by atoms with Crippen LogP contribution >= 0.6 is 23.1 Å². The van der Waals surface area contributed by atoms with Crippen LogP contribution in [-0.2, 0) is 14.3 Å². The number of fused-ring (bicyclic) bond motifs is 1. The molecule has 174 valence electrons. The van der Waals surface area contributed by atoms with Gasteiger partial charge in [-0.1, -0.05) is 35.6 Å². The number of ether oxygens (including phenoxy) is 2. The molecule has 1 atom stereocenters. The Balaban J connectivity index is 1.87. The predicted molar refractivity (Wildman–Crippen MR) is 132 cm³/mol. The van der Waals surface area contributed by atoms with Crippen molar-refractivity contribution in [1.29, 1.82) is 0 Å². The Morgan fingerprint density at radius 2 is 1.68 bits per heavy atom. The third-order valence-electron chi connectivity index (χ3n) is 5.49. The molecule has 4 rings (SSSR count). The maximum absolute atomic E-state index is 13.5. The van der Waals surface area contributed by atoms with Crippen LogP contribution in [-0.4, -0.2) is 37.0 Å². The zero-order chi connectivity index (χ0) is 24.4. The number of carbonyl (C=O) groups is 2. The van der Waals surface area contributed by atoms with Gasteiger partial charge in [-0.25, -0.2) is 14.6 Å². The number of carbonyl (C=O) groups excluding carboxylic acids is 2. The minimum absolute atomic E-state index is 0.256. The van der Waals surface area contributed by atoms with Crippen LogP contribution in [0.5, 0.6) is 0 Å². The molecule has 1 aromatic heterocycles. The van der Waals surface area contributed by atoms with Gasteiger partial charge in [-0.05, 0) is 54.6 Å². The molecule has 0 unspecified atom stereocenters. The van der Waals surface area contributed by atoms with Crippen molar-refractivity contribution in [3.63, 3.8) is 0 Å². The molecule has 0 aliphatic carbocycles. The molecule has 0 saturated heterocycles. The number of hydrogen-bond acceptors (Lipinski definition) is 8. The van der Waals surface area contributed by atoms with Gasteiger partial charge in [-0.2, -0.15) is 0 Å². The number of nitrogens with zero attached hydrogens (tertiary/aromatic N) is 2. The summed E-state index contributed by atoms with van der Waals surface area (Å²) in [7, 11) is 2.65.